The second-order valence-electron chi connectivity index (χ2n) is 4.54. The van der Waals surface area contributed by atoms with Gasteiger partial charge in [-0.15, -0.1) is 0 Å². The molecule has 0 atom stereocenters. The van der Waals surface area contributed by atoms with Gasteiger partial charge in [-0.1, -0.05) is 55.5 Å². The maximum Gasteiger partial charge on any atom is 0.157 e. The van der Waals surface area contributed by atoms with E-state index >= 15 is 0 Å². The number of rotatable bonds is 9. The highest BCUT2D eigenvalue weighted by Gasteiger charge is 2.14. The highest BCUT2D eigenvalue weighted by Crippen LogP contribution is 2.09. The normalized spacial score (nSPS) is 10.9. The molecular formula is C16H24O2Si. The molecule has 0 saturated heterocycles. The highest BCUT2D eigenvalue weighted by atomic mass is 28.2. The number of hydrogen-bond acceptors (Lipinski definition) is 2. The quantitative estimate of drug-likeness (QED) is 0.509. The van der Waals surface area contributed by atoms with Crippen molar-refractivity contribution in [2.45, 2.75) is 39.5 Å². The van der Waals surface area contributed by atoms with E-state index in [9.17, 15) is 0 Å². The molecule has 2 radical (unpaired) electrons. The fourth-order valence-electron chi connectivity index (χ4n) is 1.69. The fraction of sp³-hybridized carbons (Fsp3) is 0.500. The molecule has 0 amide bonds. The zero-order valence-corrected chi connectivity index (χ0v) is 13.2. The van der Waals surface area contributed by atoms with Crippen LogP contribution in [0.15, 0.2) is 30.8 Å². The lowest BCUT2D eigenvalue weighted by Crippen LogP contribution is -2.35. The average molecular weight is 276 g/mol. The predicted octanol–water partition coefficient (Wildman–Crippen LogP) is 3.19. The topological polar surface area (TPSA) is 18.5 Å². The number of hydrogen-bond donors (Lipinski definition) is 0. The summed E-state index contributed by atoms with van der Waals surface area (Å²) in [5.74, 6) is -0.125. The Hall–Kier alpha value is -0.903. The summed E-state index contributed by atoms with van der Waals surface area (Å²) in [5.41, 5.74) is 2.30. The Labute approximate surface area is 119 Å². The summed E-state index contributed by atoms with van der Waals surface area (Å²) in [6.07, 6.45) is 2.02. The van der Waals surface area contributed by atoms with Gasteiger partial charge in [0.05, 0.1) is 0 Å². The minimum Gasteiger partial charge on any atom is -0.357 e. The van der Waals surface area contributed by atoms with Crippen molar-refractivity contribution in [1.82, 2.24) is 0 Å². The molecule has 0 aromatic heterocycles. The third-order valence-corrected chi connectivity index (χ3v) is 3.92. The first kappa shape index (κ1) is 16.2. The minimum absolute atomic E-state index is 0.125. The fourth-order valence-corrected chi connectivity index (χ4v) is 2.99. The van der Waals surface area contributed by atoms with Gasteiger partial charge in [0.1, 0.15) is 5.91 Å². The van der Waals surface area contributed by atoms with Crippen molar-refractivity contribution >= 4 is 20.3 Å². The van der Waals surface area contributed by atoms with Gasteiger partial charge in [-0.2, -0.15) is 0 Å². The van der Waals surface area contributed by atoms with Crippen LogP contribution in [-0.2, 0) is 9.47 Å². The molecule has 0 aliphatic heterocycles. The Morgan fingerprint density at radius 2 is 1.74 bits per heavy atom. The van der Waals surface area contributed by atoms with Crippen molar-refractivity contribution in [2.75, 3.05) is 13.2 Å². The van der Waals surface area contributed by atoms with E-state index in [0.29, 0.717) is 9.52 Å². The Balaban J connectivity index is 2.74. The van der Waals surface area contributed by atoms with Crippen molar-refractivity contribution in [3.05, 3.63) is 36.4 Å². The molecule has 0 bridgehead atoms. The monoisotopic (exact) mass is 276 g/mol. The molecule has 104 valence electrons. The number of ether oxygens (including phenoxy) is 2. The average Bonchev–Trinajstić information content (AvgIpc) is 2.42. The van der Waals surface area contributed by atoms with E-state index in [2.05, 4.69) is 38.6 Å². The molecule has 0 saturated carbocycles. The molecule has 0 aliphatic carbocycles. The van der Waals surface area contributed by atoms with Crippen LogP contribution in [0.25, 0.3) is 5.57 Å². The molecule has 0 unspecified atom stereocenters. The van der Waals surface area contributed by atoms with Crippen molar-refractivity contribution in [3.8, 4) is 0 Å². The predicted molar refractivity (Wildman–Crippen MR) is 82.8 cm³/mol. The Morgan fingerprint density at radius 1 is 1.16 bits per heavy atom. The molecule has 3 heteroatoms. The second-order valence-corrected chi connectivity index (χ2v) is 5.84. The maximum atomic E-state index is 5.79. The molecule has 0 fully saturated rings. The summed E-state index contributed by atoms with van der Waals surface area (Å²) >= 11 is 0. The van der Waals surface area contributed by atoms with E-state index in [4.69, 9.17) is 9.47 Å². The van der Waals surface area contributed by atoms with Gasteiger partial charge in [-0.25, -0.2) is 0 Å². The van der Waals surface area contributed by atoms with Gasteiger partial charge in [0.2, 0.25) is 0 Å². The number of benzene rings is 1. The van der Waals surface area contributed by atoms with Gasteiger partial charge < -0.3 is 9.47 Å². The molecule has 19 heavy (non-hydrogen) atoms. The third kappa shape index (κ3) is 5.72. The van der Waals surface area contributed by atoms with E-state index in [-0.39, 0.29) is 5.91 Å². The first-order valence-electron chi connectivity index (χ1n) is 6.93. The molecule has 0 aliphatic rings. The van der Waals surface area contributed by atoms with Crippen LogP contribution in [-0.4, -0.2) is 28.6 Å². The summed E-state index contributed by atoms with van der Waals surface area (Å²) in [6, 6.07) is 8.36. The van der Waals surface area contributed by atoms with Crippen molar-refractivity contribution in [1.29, 1.82) is 0 Å². The van der Waals surface area contributed by atoms with E-state index < -0.39 is 0 Å². The molecule has 1 aromatic rings. The number of allylic oxidation sites excluding steroid dienone is 1. The lowest BCUT2D eigenvalue weighted by Gasteiger charge is -2.19. The van der Waals surface area contributed by atoms with Crippen LogP contribution in [0.4, 0.5) is 0 Å². The maximum absolute atomic E-state index is 5.79. The summed E-state index contributed by atoms with van der Waals surface area (Å²) in [4.78, 5) is 0. The zero-order valence-electron chi connectivity index (χ0n) is 12.2. The molecule has 0 heterocycles. The lowest BCUT2D eigenvalue weighted by molar-refractivity contribution is -0.0894. The van der Waals surface area contributed by atoms with Gasteiger partial charge in [0.15, 0.2) is 9.52 Å². The van der Waals surface area contributed by atoms with Crippen LogP contribution >= 0.6 is 0 Å². The Kier molecular flexibility index (Phi) is 7.71. The van der Waals surface area contributed by atoms with Gasteiger partial charge >= 0.3 is 0 Å². The van der Waals surface area contributed by atoms with Crippen molar-refractivity contribution < 1.29 is 9.47 Å². The second kappa shape index (κ2) is 9.07. The summed E-state index contributed by atoms with van der Waals surface area (Å²) in [6.45, 7) is 11.8. The van der Waals surface area contributed by atoms with Crippen LogP contribution < -0.4 is 5.19 Å². The molecule has 0 N–H and O–H groups in total. The summed E-state index contributed by atoms with van der Waals surface area (Å²) in [5, 5.41) is 1.27. The Bertz CT molecular complexity index is 382. The van der Waals surface area contributed by atoms with E-state index in [1.807, 2.05) is 13.0 Å². The van der Waals surface area contributed by atoms with E-state index in [1.165, 1.54) is 10.8 Å². The SMILES string of the molecule is C=C(C)c1ccccc1[Si]C(OCCC)OCCC. The van der Waals surface area contributed by atoms with Crippen LogP contribution in [0, 0.1) is 0 Å². The third-order valence-electron chi connectivity index (χ3n) is 2.61. The highest BCUT2D eigenvalue weighted by molar-refractivity contribution is 6.55. The van der Waals surface area contributed by atoms with Crippen LogP contribution in [0.1, 0.15) is 39.2 Å². The van der Waals surface area contributed by atoms with Crippen molar-refractivity contribution in [2.24, 2.45) is 0 Å². The van der Waals surface area contributed by atoms with Crippen LogP contribution in [0.5, 0.6) is 0 Å². The van der Waals surface area contributed by atoms with Gasteiger partial charge in [0.25, 0.3) is 0 Å². The first-order chi connectivity index (χ1) is 9.19. The summed E-state index contributed by atoms with van der Waals surface area (Å²) in [7, 11) is 0.502. The molecule has 1 rings (SSSR count). The largest absolute Gasteiger partial charge is 0.357 e. The zero-order chi connectivity index (χ0) is 14.1. The molecule has 1 aromatic carbocycles. The molecule has 2 nitrogen and oxygen atoms in total. The molecular weight excluding hydrogens is 252 g/mol. The minimum atomic E-state index is -0.125. The van der Waals surface area contributed by atoms with Gasteiger partial charge in [0, 0.05) is 13.2 Å². The van der Waals surface area contributed by atoms with Crippen LogP contribution in [0.2, 0.25) is 0 Å². The van der Waals surface area contributed by atoms with Gasteiger partial charge in [-0.05, 0) is 25.3 Å². The lowest BCUT2D eigenvalue weighted by atomic mass is 10.1. The first-order valence-corrected chi connectivity index (χ1v) is 8.01. The van der Waals surface area contributed by atoms with E-state index in [0.717, 1.165) is 31.6 Å². The summed E-state index contributed by atoms with van der Waals surface area (Å²) < 4.78 is 11.6. The smallest absolute Gasteiger partial charge is 0.157 e. The van der Waals surface area contributed by atoms with E-state index in [1.54, 1.807) is 0 Å². The van der Waals surface area contributed by atoms with Crippen LogP contribution in [0.3, 0.4) is 0 Å². The van der Waals surface area contributed by atoms with Crippen molar-refractivity contribution in [3.63, 3.8) is 0 Å². The molecule has 0 spiro atoms. The standard InChI is InChI=1S/C16H24O2Si/c1-5-11-17-16(18-12-6-2)19-15-10-8-7-9-14(15)13(3)4/h7-10,16H,3,5-6,11-12H2,1-2,4H3. The Morgan fingerprint density at radius 3 is 2.26 bits per heavy atom. The van der Waals surface area contributed by atoms with Gasteiger partial charge in [-0.3, -0.25) is 0 Å².